The van der Waals surface area contributed by atoms with E-state index in [9.17, 15) is 4.79 Å². The van der Waals surface area contributed by atoms with Crippen LogP contribution < -0.4 is 10.3 Å². The quantitative estimate of drug-likeness (QED) is 0.555. The standard InChI is InChI=1S/C26H26N2O2/c1-17-10-11-22-21(14-17)19-7-4-8-23-25(19)28(22)13-5-12-27(23)15-18-16-30-24-9-3-2-6-20(24)26(18)29/h2-3,6,9-11,14,16,23H,4-5,7-8,12-13,15H2,1H3/p+1/t23-/m1/s1. The number of nitrogens with zero attached hydrogens (tertiary/aromatic N) is 1. The molecule has 4 aromatic rings. The average molecular weight is 400 g/mol. The second-order valence-corrected chi connectivity index (χ2v) is 9.01. The van der Waals surface area contributed by atoms with Crippen LogP contribution in [0.15, 0.2) is 57.9 Å². The summed E-state index contributed by atoms with van der Waals surface area (Å²) in [5.41, 5.74) is 7.41. The lowest BCUT2D eigenvalue weighted by Crippen LogP contribution is -3.11. The van der Waals surface area contributed by atoms with Crippen molar-refractivity contribution in [1.29, 1.82) is 0 Å². The molecule has 0 amide bonds. The fourth-order valence-corrected chi connectivity index (χ4v) is 5.81. The van der Waals surface area contributed by atoms with Crippen LogP contribution in [0.1, 0.15) is 47.7 Å². The van der Waals surface area contributed by atoms with Gasteiger partial charge in [-0.3, -0.25) is 4.79 Å². The van der Waals surface area contributed by atoms with Crippen molar-refractivity contribution >= 4 is 21.9 Å². The van der Waals surface area contributed by atoms with Gasteiger partial charge >= 0.3 is 0 Å². The summed E-state index contributed by atoms with van der Waals surface area (Å²) < 4.78 is 8.40. The molecule has 0 fully saturated rings. The monoisotopic (exact) mass is 399 g/mol. The Morgan fingerprint density at radius 1 is 1.13 bits per heavy atom. The van der Waals surface area contributed by atoms with Gasteiger partial charge in [0.05, 0.1) is 23.2 Å². The summed E-state index contributed by atoms with van der Waals surface area (Å²) >= 11 is 0. The zero-order valence-electron chi connectivity index (χ0n) is 17.4. The molecule has 1 N–H and O–H groups in total. The highest BCUT2D eigenvalue weighted by Gasteiger charge is 2.36. The largest absolute Gasteiger partial charge is 0.464 e. The van der Waals surface area contributed by atoms with E-state index in [4.69, 9.17) is 4.42 Å². The molecule has 2 atom stereocenters. The molecule has 30 heavy (non-hydrogen) atoms. The summed E-state index contributed by atoms with van der Waals surface area (Å²) in [4.78, 5) is 14.6. The Labute approximate surface area is 175 Å². The third-order valence-electron chi connectivity index (χ3n) is 7.16. The first kappa shape index (κ1) is 18.0. The van der Waals surface area contributed by atoms with Gasteiger partial charge in [0.2, 0.25) is 5.43 Å². The fraction of sp³-hybridized carbons (Fsp3) is 0.346. The van der Waals surface area contributed by atoms with E-state index in [2.05, 4.69) is 29.7 Å². The number of para-hydroxylation sites is 1. The maximum absolute atomic E-state index is 13.1. The Kier molecular flexibility index (Phi) is 4.10. The molecule has 4 heteroatoms. The second-order valence-electron chi connectivity index (χ2n) is 9.01. The zero-order valence-corrected chi connectivity index (χ0v) is 17.4. The molecule has 1 aliphatic carbocycles. The van der Waals surface area contributed by atoms with E-state index in [1.807, 2.05) is 24.3 Å². The van der Waals surface area contributed by atoms with E-state index in [-0.39, 0.29) is 5.43 Å². The van der Waals surface area contributed by atoms with Gasteiger partial charge in [-0.05, 0) is 49.6 Å². The molecule has 6 rings (SSSR count). The molecule has 0 bridgehead atoms. The maximum Gasteiger partial charge on any atom is 0.201 e. The molecular formula is C26H27N2O2+. The predicted molar refractivity (Wildman–Crippen MR) is 119 cm³/mol. The van der Waals surface area contributed by atoms with Gasteiger partial charge in [-0.15, -0.1) is 0 Å². The zero-order chi connectivity index (χ0) is 20.2. The summed E-state index contributed by atoms with van der Waals surface area (Å²) in [6, 6.07) is 14.9. The van der Waals surface area contributed by atoms with Crippen LogP contribution in [-0.2, 0) is 19.5 Å². The number of quaternary nitrogens is 1. The molecular weight excluding hydrogens is 372 g/mol. The molecule has 4 nitrogen and oxygen atoms in total. The van der Waals surface area contributed by atoms with Gasteiger partial charge in [-0.2, -0.15) is 0 Å². The Hall–Kier alpha value is -2.85. The molecule has 0 spiro atoms. The average Bonchev–Trinajstić information content (AvgIpc) is 2.95. The number of nitrogens with one attached hydrogen (secondary N) is 1. The lowest BCUT2D eigenvalue weighted by Gasteiger charge is -2.30. The maximum atomic E-state index is 13.1. The van der Waals surface area contributed by atoms with Crippen LogP contribution in [0.3, 0.4) is 0 Å². The normalized spacial score (nSPS) is 21.0. The summed E-state index contributed by atoms with van der Waals surface area (Å²) in [5.74, 6) is 0. The van der Waals surface area contributed by atoms with Gasteiger partial charge in [-0.25, -0.2) is 0 Å². The first-order chi connectivity index (χ1) is 14.7. The Bertz CT molecular complexity index is 1330. The molecule has 0 saturated heterocycles. The van der Waals surface area contributed by atoms with Crippen LogP contribution in [0.5, 0.6) is 0 Å². The van der Waals surface area contributed by atoms with Crippen molar-refractivity contribution in [2.45, 2.75) is 51.7 Å². The third kappa shape index (κ3) is 2.67. The molecule has 1 aliphatic heterocycles. The van der Waals surface area contributed by atoms with Gasteiger partial charge in [0, 0.05) is 30.3 Å². The van der Waals surface area contributed by atoms with Gasteiger partial charge in [-0.1, -0.05) is 23.8 Å². The molecule has 1 unspecified atom stereocenters. The number of hydrogen-bond donors (Lipinski definition) is 1. The van der Waals surface area contributed by atoms with E-state index in [0.29, 0.717) is 17.0 Å². The summed E-state index contributed by atoms with van der Waals surface area (Å²) in [5, 5.41) is 2.14. The van der Waals surface area contributed by atoms with Crippen LogP contribution in [0.2, 0.25) is 0 Å². The van der Waals surface area contributed by atoms with Crippen LogP contribution >= 0.6 is 0 Å². The van der Waals surface area contributed by atoms with E-state index >= 15 is 0 Å². The van der Waals surface area contributed by atoms with Crippen LogP contribution in [0.25, 0.3) is 21.9 Å². The Morgan fingerprint density at radius 2 is 2.03 bits per heavy atom. The van der Waals surface area contributed by atoms with E-state index < -0.39 is 0 Å². The summed E-state index contributed by atoms with van der Waals surface area (Å²) in [6.45, 7) is 5.08. The smallest absolute Gasteiger partial charge is 0.201 e. The number of fused-ring (bicyclic) bond motifs is 4. The minimum Gasteiger partial charge on any atom is -0.464 e. The minimum absolute atomic E-state index is 0.126. The molecule has 2 aliphatic rings. The van der Waals surface area contributed by atoms with Crippen molar-refractivity contribution in [3.8, 4) is 0 Å². The molecule has 152 valence electrons. The summed E-state index contributed by atoms with van der Waals surface area (Å²) in [6.07, 6.45) is 6.42. The molecule has 0 radical (unpaired) electrons. The van der Waals surface area contributed by atoms with E-state index in [1.54, 1.807) is 11.8 Å². The van der Waals surface area contributed by atoms with Crippen molar-refractivity contribution in [2.24, 2.45) is 0 Å². The Balaban J connectivity index is 1.45. The first-order valence-corrected chi connectivity index (χ1v) is 11.2. The van der Waals surface area contributed by atoms with Gasteiger partial charge in [0.15, 0.2) is 0 Å². The predicted octanol–water partition coefficient (Wildman–Crippen LogP) is 3.92. The first-order valence-electron chi connectivity index (χ1n) is 11.2. The third-order valence-corrected chi connectivity index (χ3v) is 7.16. The number of benzene rings is 2. The van der Waals surface area contributed by atoms with Gasteiger partial charge in [0.1, 0.15) is 24.4 Å². The van der Waals surface area contributed by atoms with Crippen LogP contribution in [-0.4, -0.2) is 11.1 Å². The highest BCUT2D eigenvalue weighted by atomic mass is 16.3. The van der Waals surface area contributed by atoms with Crippen LogP contribution in [0.4, 0.5) is 0 Å². The number of aromatic nitrogens is 1. The van der Waals surface area contributed by atoms with Crippen LogP contribution in [0, 0.1) is 6.92 Å². The minimum atomic E-state index is 0.126. The number of hydrogen-bond acceptors (Lipinski definition) is 2. The topological polar surface area (TPSA) is 39.6 Å². The molecule has 0 saturated carbocycles. The van der Waals surface area contributed by atoms with Crippen molar-refractivity contribution in [3.05, 3.63) is 81.3 Å². The summed E-state index contributed by atoms with van der Waals surface area (Å²) in [7, 11) is 0. The second kappa shape index (κ2) is 6.85. The highest BCUT2D eigenvalue weighted by Crippen LogP contribution is 2.37. The van der Waals surface area contributed by atoms with E-state index in [0.717, 1.165) is 31.6 Å². The van der Waals surface area contributed by atoms with Gasteiger partial charge in [0.25, 0.3) is 0 Å². The van der Waals surface area contributed by atoms with Crippen molar-refractivity contribution in [1.82, 2.24) is 4.57 Å². The van der Waals surface area contributed by atoms with Gasteiger partial charge < -0.3 is 13.9 Å². The fourth-order valence-electron chi connectivity index (χ4n) is 5.81. The lowest BCUT2D eigenvalue weighted by molar-refractivity contribution is -0.945. The number of rotatable bonds is 2. The lowest BCUT2D eigenvalue weighted by atomic mass is 9.90. The molecule has 2 aromatic carbocycles. The van der Waals surface area contributed by atoms with E-state index in [1.165, 1.54) is 46.3 Å². The molecule has 3 heterocycles. The number of aryl methyl sites for hydroxylation is 3. The van der Waals surface area contributed by atoms with Crippen molar-refractivity contribution in [2.75, 3.05) is 6.54 Å². The van der Waals surface area contributed by atoms with Crippen molar-refractivity contribution in [3.63, 3.8) is 0 Å². The SMILES string of the molecule is Cc1ccc2c(c1)c1c3n2CCC[NH+](Cc2coc4ccccc4c2=O)[C@@H]3CCC1. The van der Waals surface area contributed by atoms with Crippen molar-refractivity contribution < 1.29 is 9.32 Å². The highest BCUT2D eigenvalue weighted by molar-refractivity contribution is 5.86. The Morgan fingerprint density at radius 3 is 2.97 bits per heavy atom. The molecule has 2 aromatic heterocycles.